The molecular formula is C16H16ClF2N. The van der Waals surface area contributed by atoms with Crippen LogP contribution >= 0.6 is 11.6 Å². The van der Waals surface area contributed by atoms with Crippen molar-refractivity contribution in [2.45, 2.75) is 19.9 Å². The molecule has 0 aromatic heterocycles. The van der Waals surface area contributed by atoms with Crippen LogP contribution in [0.25, 0.3) is 11.1 Å². The largest absolute Gasteiger partial charge is 0.313 e. The topological polar surface area (TPSA) is 12.0 Å². The molecule has 0 fully saturated rings. The minimum Gasteiger partial charge on any atom is -0.313 e. The van der Waals surface area contributed by atoms with E-state index in [1.54, 1.807) is 18.2 Å². The summed E-state index contributed by atoms with van der Waals surface area (Å²) in [7, 11) is 0. The first-order valence-corrected chi connectivity index (χ1v) is 6.94. The highest BCUT2D eigenvalue weighted by molar-refractivity contribution is 6.33. The minimum atomic E-state index is -0.403. The third kappa shape index (κ3) is 3.56. The highest BCUT2D eigenvalue weighted by Gasteiger charge is 2.08. The van der Waals surface area contributed by atoms with Crippen molar-refractivity contribution in [1.82, 2.24) is 5.32 Å². The predicted octanol–water partition coefficient (Wildman–Crippen LogP) is 4.78. The molecule has 1 N–H and O–H groups in total. The monoisotopic (exact) mass is 295 g/mol. The van der Waals surface area contributed by atoms with Crippen molar-refractivity contribution in [3.05, 3.63) is 58.6 Å². The summed E-state index contributed by atoms with van der Waals surface area (Å²) in [6, 6.07) is 9.06. The molecule has 4 heteroatoms. The van der Waals surface area contributed by atoms with E-state index in [2.05, 4.69) is 12.2 Å². The molecule has 0 saturated carbocycles. The molecule has 0 radical (unpaired) electrons. The van der Waals surface area contributed by atoms with Crippen LogP contribution in [0.3, 0.4) is 0 Å². The van der Waals surface area contributed by atoms with Gasteiger partial charge in [0.05, 0.1) is 5.02 Å². The summed E-state index contributed by atoms with van der Waals surface area (Å²) in [6.07, 6.45) is 1.00. The van der Waals surface area contributed by atoms with Crippen LogP contribution in [0.5, 0.6) is 0 Å². The van der Waals surface area contributed by atoms with E-state index in [0.29, 0.717) is 23.2 Å². The fraction of sp³-hybridized carbons (Fsp3) is 0.250. The lowest BCUT2D eigenvalue weighted by molar-refractivity contribution is 0.587. The summed E-state index contributed by atoms with van der Waals surface area (Å²) in [5, 5.41) is 3.43. The summed E-state index contributed by atoms with van der Waals surface area (Å²) in [6.45, 7) is 3.41. The van der Waals surface area contributed by atoms with E-state index in [-0.39, 0.29) is 10.8 Å². The Hall–Kier alpha value is -1.45. The molecule has 0 bridgehead atoms. The van der Waals surface area contributed by atoms with Crippen LogP contribution in [0.4, 0.5) is 8.78 Å². The van der Waals surface area contributed by atoms with Gasteiger partial charge >= 0.3 is 0 Å². The van der Waals surface area contributed by atoms with Gasteiger partial charge in [0.25, 0.3) is 0 Å². The van der Waals surface area contributed by atoms with E-state index in [4.69, 9.17) is 11.6 Å². The third-order valence-electron chi connectivity index (χ3n) is 3.04. The molecule has 0 heterocycles. The summed E-state index contributed by atoms with van der Waals surface area (Å²) in [5.41, 5.74) is 1.88. The Labute approximate surface area is 122 Å². The highest BCUT2D eigenvalue weighted by Crippen LogP contribution is 2.29. The van der Waals surface area contributed by atoms with Crippen molar-refractivity contribution >= 4 is 11.6 Å². The van der Waals surface area contributed by atoms with Gasteiger partial charge < -0.3 is 5.32 Å². The Morgan fingerprint density at radius 1 is 1.10 bits per heavy atom. The smallest absolute Gasteiger partial charge is 0.128 e. The van der Waals surface area contributed by atoms with Crippen molar-refractivity contribution in [3.8, 4) is 11.1 Å². The molecule has 0 atom stereocenters. The molecule has 2 aromatic rings. The molecule has 1 nitrogen and oxygen atoms in total. The normalized spacial score (nSPS) is 10.8. The molecule has 0 aliphatic rings. The highest BCUT2D eigenvalue weighted by atomic mass is 35.5. The van der Waals surface area contributed by atoms with E-state index in [1.165, 1.54) is 18.2 Å². The van der Waals surface area contributed by atoms with Gasteiger partial charge in [-0.25, -0.2) is 8.78 Å². The fourth-order valence-electron chi connectivity index (χ4n) is 1.98. The number of rotatable bonds is 5. The Morgan fingerprint density at radius 3 is 2.55 bits per heavy atom. The SMILES string of the molecule is CCCNCc1ccc(-c2ccc(F)cc2Cl)cc1F. The third-order valence-corrected chi connectivity index (χ3v) is 3.35. The van der Waals surface area contributed by atoms with Crippen LogP contribution < -0.4 is 5.32 Å². The van der Waals surface area contributed by atoms with Crippen molar-refractivity contribution in [3.63, 3.8) is 0 Å². The number of halogens is 3. The van der Waals surface area contributed by atoms with Crippen molar-refractivity contribution in [2.24, 2.45) is 0 Å². The Balaban J connectivity index is 2.24. The lowest BCUT2D eigenvalue weighted by Gasteiger charge is -2.09. The number of hydrogen-bond donors (Lipinski definition) is 1. The average Bonchev–Trinajstić information content (AvgIpc) is 2.41. The predicted molar refractivity (Wildman–Crippen MR) is 78.8 cm³/mol. The lowest BCUT2D eigenvalue weighted by atomic mass is 10.0. The summed E-state index contributed by atoms with van der Waals surface area (Å²) in [4.78, 5) is 0. The molecule has 2 aromatic carbocycles. The molecule has 2 rings (SSSR count). The molecule has 20 heavy (non-hydrogen) atoms. The van der Waals surface area contributed by atoms with Gasteiger partial charge in [0.2, 0.25) is 0 Å². The zero-order valence-electron chi connectivity index (χ0n) is 11.2. The van der Waals surface area contributed by atoms with E-state index in [0.717, 1.165) is 13.0 Å². The van der Waals surface area contributed by atoms with Gasteiger partial charge in [-0.1, -0.05) is 30.7 Å². The van der Waals surface area contributed by atoms with Gasteiger partial charge in [-0.15, -0.1) is 0 Å². The average molecular weight is 296 g/mol. The zero-order chi connectivity index (χ0) is 14.5. The van der Waals surface area contributed by atoms with Crippen LogP contribution in [0.15, 0.2) is 36.4 Å². The van der Waals surface area contributed by atoms with Crippen molar-refractivity contribution in [2.75, 3.05) is 6.54 Å². The van der Waals surface area contributed by atoms with E-state index < -0.39 is 5.82 Å². The molecule has 0 aliphatic carbocycles. The Morgan fingerprint density at radius 2 is 1.90 bits per heavy atom. The fourth-order valence-corrected chi connectivity index (χ4v) is 2.26. The van der Waals surface area contributed by atoms with Crippen LogP contribution in [-0.2, 0) is 6.54 Å². The number of benzene rings is 2. The van der Waals surface area contributed by atoms with Gasteiger partial charge in [-0.2, -0.15) is 0 Å². The molecule has 0 aliphatic heterocycles. The number of hydrogen-bond acceptors (Lipinski definition) is 1. The van der Waals surface area contributed by atoms with Crippen LogP contribution in [0, 0.1) is 11.6 Å². The summed E-state index contributed by atoms with van der Waals surface area (Å²) >= 11 is 5.98. The second kappa shape index (κ2) is 6.82. The maximum absolute atomic E-state index is 14.0. The maximum atomic E-state index is 14.0. The van der Waals surface area contributed by atoms with E-state index in [1.807, 2.05) is 0 Å². The van der Waals surface area contributed by atoms with Crippen molar-refractivity contribution < 1.29 is 8.78 Å². The first-order chi connectivity index (χ1) is 9.61. The summed E-state index contributed by atoms with van der Waals surface area (Å²) < 4.78 is 27.0. The van der Waals surface area contributed by atoms with Gasteiger partial charge in [-0.05, 0) is 42.8 Å². The molecule has 0 unspecified atom stereocenters. The van der Waals surface area contributed by atoms with Crippen LogP contribution in [0.1, 0.15) is 18.9 Å². The van der Waals surface area contributed by atoms with Gasteiger partial charge in [0.1, 0.15) is 11.6 Å². The van der Waals surface area contributed by atoms with E-state index in [9.17, 15) is 8.78 Å². The van der Waals surface area contributed by atoms with Gasteiger partial charge in [0, 0.05) is 17.7 Å². The second-order valence-electron chi connectivity index (χ2n) is 4.61. The second-order valence-corrected chi connectivity index (χ2v) is 5.01. The summed E-state index contributed by atoms with van der Waals surface area (Å²) in [5.74, 6) is -0.689. The molecule has 0 spiro atoms. The molecule has 106 valence electrons. The Bertz CT molecular complexity index is 599. The zero-order valence-corrected chi connectivity index (χ0v) is 12.0. The quantitative estimate of drug-likeness (QED) is 0.782. The lowest BCUT2D eigenvalue weighted by Crippen LogP contribution is -2.14. The standard InChI is InChI=1S/C16H16ClF2N/c1-2-7-20-10-12-4-3-11(8-16(12)19)14-6-5-13(18)9-15(14)17/h3-6,8-9,20H,2,7,10H2,1H3. The first kappa shape index (κ1) is 14.9. The number of nitrogens with one attached hydrogen (secondary N) is 1. The maximum Gasteiger partial charge on any atom is 0.128 e. The van der Waals surface area contributed by atoms with E-state index >= 15 is 0 Å². The van der Waals surface area contributed by atoms with Crippen LogP contribution in [-0.4, -0.2) is 6.54 Å². The first-order valence-electron chi connectivity index (χ1n) is 6.56. The Kier molecular flexibility index (Phi) is 5.10. The van der Waals surface area contributed by atoms with Gasteiger partial charge in [0.15, 0.2) is 0 Å². The molecule has 0 amide bonds. The molecular weight excluding hydrogens is 280 g/mol. The van der Waals surface area contributed by atoms with Crippen LogP contribution in [0.2, 0.25) is 5.02 Å². The van der Waals surface area contributed by atoms with Crippen molar-refractivity contribution in [1.29, 1.82) is 0 Å². The molecule has 0 saturated heterocycles. The van der Waals surface area contributed by atoms with Gasteiger partial charge in [-0.3, -0.25) is 0 Å². The minimum absolute atomic E-state index is 0.279.